The molecule has 0 amide bonds. The van der Waals surface area contributed by atoms with Gasteiger partial charge >= 0.3 is 0 Å². The van der Waals surface area contributed by atoms with Gasteiger partial charge in [-0.25, -0.2) is 15.0 Å². The van der Waals surface area contributed by atoms with Crippen molar-refractivity contribution in [3.63, 3.8) is 0 Å². The maximum atomic E-state index is 4.23. The zero-order valence-electron chi connectivity index (χ0n) is 8.59. The molecule has 15 heavy (non-hydrogen) atoms. The fraction of sp³-hybridized carbons (Fsp3) is 0.300. The molecule has 78 valence electrons. The van der Waals surface area contributed by atoms with Crippen molar-refractivity contribution in [3.8, 4) is 0 Å². The van der Waals surface area contributed by atoms with Gasteiger partial charge in [-0.05, 0) is 6.42 Å². The summed E-state index contributed by atoms with van der Waals surface area (Å²) in [5.41, 5.74) is 0.848. The third kappa shape index (κ3) is 2.31. The number of hydrogen-bond acceptors (Lipinski definition) is 4. The van der Waals surface area contributed by atoms with Gasteiger partial charge in [0.25, 0.3) is 0 Å². The topological polar surface area (TPSA) is 55.6 Å². The van der Waals surface area contributed by atoms with Crippen LogP contribution in [0, 0.1) is 0 Å². The van der Waals surface area contributed by atoms with Gasteiger partial charge in [-0.2, -0.15) is 0 Å². The van der Waals surface area contributed by atoms with E-state index in [0.29, 0.717) is 0 Å². The van der Waals surface area contributed by atoms with Gasteiger partial charge < -0.3 is 9.88 Å². The second kappa shape index (κ2) is 4.54. The molecule has 0 aliphatic carbocycles. The van der Waals surface area contributed by atoms with Gasteiger partial charge in [0.1, 0.15) is 6.33 Å². The minimum atomic E-state index is 0.826. The quantitative estimate of drug-likeness (QED) is 0.823. The third-order valence-electron chi connectivity index (χ3n) is 2.00. The Hall–Kier alpha value is -1.91. The number of hydrogen-bond donors (Lipinski definition) is 1. The molecule has 0 saturated heterocycles. The first-order valence-electron chi connectivity index (χ1n) is 4.93. The van der Waals surface area contributed by atoms with Crippen molar-refractivity contribution in [2.75, 3.05) is 5.32 Å². The van der Waals surface area contributed by atoms with Gasteiger partial charge in [-0.1, -0.05) is 6.92 Å². The molecule has 0 aromatic carbocycles. The van der Waals surface area contributed by atoms with Crippen LogP contribution in [0.3, 0.4) is 0 Å². The number of anilines is 2. The molecular formula is C10H13N5. The predicted octanol–water partition coefficient (Wildman–Crippen LogP) is 1.83. The molecule has 5 nitrogen and oxygen atoms in total. The third-order valence-corrected chi connectivity index (χ3v) is 2.00. The number of rotatable bonds is 4. The van der Waals surface area contributed by atoms with Crippen LogP contribution in [-0.2, 0) is 6.54 Å². The monoisotopic (exact) mass is 203 g/mol. The zero-order valence-corrected chi connectivity index (χ0v) is 8.59. The number of aromatic nitrogens is 4. The van der Waals surface area contributed by atoms with Crippen LogP contribution in [-0.4, -0.2) is 19.5 Å². The molecule has 2 aromatic rings. The highest BCUT2D eigenvalue weighted by molar-refractivity contribution is 5.50. The van der Waals surface area contributed by atoms with E-state index >= 15 is 0 Å². The van der Waals surface area contributed by atoms with Gasteiger partial charge in [0.05, 0.1) is 18.1 Å². The van der Waals surface area contributed by atoms with E-state index in [9.17, 15) is 0 Å². The Balaban J connectivity index is 2.14. The maximum Gasteiger partial charge on any atom is 0.207 e. The van der Waals surface area contributed by atoms with Gasteiger partial charge in [0, 0.05) is 18.9 Å². The lowest BCUT2D eigenvalue weighted by Crippen LogP contribution is -2.03. The Morgan fingerprint density at radius 1 is 1.33 bits per heavy atom. The van der Waals surface area contributed by atoms with Crippen LogP contribution >= 0.6 is 0 Å². The van der Waals surface area contributed by atoms with Crippen molar-refractivity contribution < 1.29 is 0 Å². The summed E-state index contributed by atoms with van der Waals surface area (Å²) < 4.78 is 2.06. The summed E-state index contributed by atoms with van der Waals surface area (Å²) in [6.07, 6.45) is 9.76. The fourth-order valence-electron chi connectivity index (χ4n) is 1.35. The summed E-state index contributed by atoms with van der Waals surface area (Å²) in [7, 11) is 0. The Morgan fingerprint density at radius 3 is 2.87 bits per heavy atom. The summed E-state index contributed by atoms with van der Waals surface area (Å²) in [5.74, 6) is 0.826. The molecule has 0 fully saturated rings. The largest absolute Gasteiger partial charge is 0.323 e. The highest BCUT2D eigenvalue weighted by Crippen LogP contribution is 2.12. The second-order valence-electron chi connectivity index (χ2n) is 3.20. The van der Waals surface area contributed by atoms with E-state index in [1.165, 1.54) is 6.33 Å². The van der Waals surface area contributed by atoms with Crippen molar-refractivity contribution in [2.24, 2.45) is 0 Å². The number of aryl methyl sites for hydroxylation is 1. The summed E-state index contributed by atoms with van der Waals surface area (Å²) in [6, 6.07) is 0. The standard InChI is InChI=1S/C10H13N5/c1-2-4-15-5-3-13-10(15)14-9-6-11-8-12-7-9/h3,5-8H,2,4H2,1H3,(H,13,14). The molecule has 0 radical (unpaired) electrons. The molecule has 0 bridgehead atoms. The fourth-order valence-corrected chi connectivity index (χ4v) is 1.35. The number of nitrogens with zero attached hydrogens (tertiary/aromatic N) is 4. The van der Waals surface area contributed by atoms with Crippen LogP contribution in [0.4, 0.5) is 11.6 Å². The summed E-state index contributed by atoms with van der Waals surface area (Å²) in [6.45, 7) is 3.09. The van der Waals surface area contributed by atoms with Gasteiger partial charge in [-0.15, -0.1) is 0 Å². The van der Waals surface area contributed by atoms with E-state index in [0.717, 1.165) is 24.6 Å². The Labute approximate surface area is 88.2 Å². The highest BCUT2D eigenvalue weighted by atomic mass is 15.2. The van der Waals surface area contributed by atoms with E-state index in [2.05, 4.69) is 31.8 Å². The van der Waals surface area contributed by atoms with Crippen LogP contribution in [0.5, 0.6) is 0 Å². The van der Waals surface area contributed by atoms with Gasteiger partial charge in [0.2, 0.25) is 5.95 Å². The van der Waals surface area contributed by atoms with Crippen molar-refractivity contribution >= 4 is 11.6 Å². The Bertz CT molecular complexity index is 409. The lowest BCUT2D eigenvalue weighted by atomic mass is 10.5. The van der Waals surface area contributed by atoms with Crippen molar-refractivity contribution in [3.05, 3.63) is 31.1 Å². The van der Waals surface area contributed by atoms with Crippen molar-refractivity contribution in [1.82, 2.24) is 19.5 Å². The first kappa shape index (κ1) is 9.64. The van der Waals surface area contributed by atoms with E-state index in [4.69, 9.17) is 0 Å². The SMILES string of the molecule is CCCn1ccnc1Nc1cncnc1. The van der Waals surface area contributed by atoms with Crippen LogP contribution in [0.15, 0.2) is 31.1 Å². The minimum absolute atomic E-state index is 0.826. The summed E-state index contributed by atoms with van der Waals surface area (Å²) in [4.78, 5) is 12.1. The van der Waals surface area contributed by atoms with E-state index in [1.54, 1.807) is 18.6 Å². The zero-order chi connectivity index (χ0) is 10.5. The average Bonchev–Trinajstić information content (AvgIpc) is 2.68. The van der Waals surface area contributed by atoms with E-state index in [1.807, 2.05) is 6.20 Å². The molecular weight excluding hydrogens is 190 g/mol. The first-order valence-corrected chi connectivity index (χ1v) is 4.93. The average molecular weight is 203 g/mol. The van der Waals surface area contributed by atoms with E-state index < -0.39 is 0 Å². The molecule has 0 aliphatic rings. The summed E-state index contributed by atoms with van der Waals surface area (Å²) >= 11 is 0. The van der Waals surface area contributed by atoms with Crippen molar-refractivity contribution in [2.45, 2.75) is 19.9 Å². The van der Waals surface area contributed by atoms with Crippen molar-refractivity contribution in [1.29, 1.82) is 0 Å². The molecule has 0 aliphatic heterocycles. The molecule has 1 N–H and O–H groups in total. The molecule has 0 spiro atoms. The lowest BCUT2D eigenvalue weighted by Gasteiger charge is -2.07. The first-order chi connectivity index (χ1) is 7.40. The smallest absolute Gasteiger partial charge is 0.207 e. The number of nitrogens with one attached hydrogen (secondary N) is 1. The van der Waals surface area contributed by atoms with Crippen LogP contribution < -0.4 is 5.32 Å². The predicted molar refractivity (Wildman–Crippen MR) is 57.8 cm³/mol. The molecule has 2 rings (SSSR count). The molecule has 0 atom stereocenters. The minimum Gasteiger partial charge on any atom is -0.323 e. The second-order valence-corrected chi connectivity index (χ2v) is 3.20. The molecule has 2 aromatic heterocycles. The van der Waals surface area contributed by atoms with Crippen LogP contribution in [0.25, 0.3) is 0 Å². The normalized spacial score (nSPS) is 10.2. The molecule has 0 saturated carbocycles. The Morgan fingerprint density at radius 2 is 2.13 bits per heavy atom. The maximum absolute atomic E-state index is 4.23. The molecule has 2 heterocycles. The Kier molecular flexibility index (Phi) is 2.92. The molecule has 5 heteroatoms. The van der Waals surface area contributed by atoms with Crippen LogP contribution in [0.1, 0.15) is 13.3 Å². The highest BCUT2D eigenvalue weighted by Gasteiger charge is 2.01. The van der Waals surface area contributed by atoms with Gasteiger partial charge in [0.15, 0.2) is 0 Å². The summed E-state index contributed by atoms with van der Waals surface area (Å²) in [5, 5.41) is 3.16. The van der Waals surface area contributed by atoms with Crippen LogP contribution in [0.2, 0.25) is 0 Å². The molecule has 0 unspecified atom stereocenters. The van der Waals surface area contributed by atoms with Gasteiger partial charge in [-0.3, -0.25) is 0 Å². The number of imidazole rings is 1. The lowest BCUT2D eigenvalue weighted by molar-refractivity contribution is 0.686. The van der Waals surface area contributed by atoms with E-state index in [-0.39, 0.29) is 0 Å².